The Balaban J connectivity index is 1.80. The fourth-order valence-corrected chi connectivity index (χ4v) is 2.17. The van der Waals surface area contributed by atoms with Gasteiger partial charge in [-0.15, -0.1) is 5.10 Å². The molecule has 0 bridgehead atoms. The van der Waals surface area contributed by atoms with Gasteiger partial charge in [0.1, 0.15) is 5.82 Å². The highest BCUT2D eigenvalue weighted by Crippen LogP contribution is 2.23. The number of amides is 1. The molecule has 1 amide bonds. The van der Waals surface area contributed by atoms with Crippen LogP contribution < -0.4 is 0 Å². The van der Waals surface area contributed by atoms with Crippen molar-refractivity contribution in [3.63, 3.8) is 0 Å². The molecule has 2 aromatic rings. The number of H-pyrrole nitrogens is 1. The van der Waals surface area contributed by atoms with Crippen LogP contribution in [0.2, 0.25) is 0 Å². The average molecular weight is 242 g/mol. The van der Waals surface area contributed by atoms with Gasteiger partial charge in [-0.3, -0.25) is 9.89 Å². The Morgan fingerprint density at radius 1 is 1.33 bits per heavy atom. The van der Waals surface area contributed by atoms with Gasteiger partial charge in [0.2, 0.25) is 5.82 Å². The number of carbonyl (C=O) groups is 1. The van der Waals surface area contributed by atoms with Crippen molar-refractivity contribution < 1.29 is 4.79 Å². The third kappa shape index (κ3) is 1.77. The number of aromatic amines is 1. The maximum atomic E-state index is 12.2. The molecule has 3 rings (SSSR count). The zero-order chi connectivity index (χ0) is 12.5. The van der Waals surface area contributed by atoms with E-state index < -0.39 is 0 Å². The van der Waals surface area contributed by atoms with Crippen molar-refractivity contribution in [3.8, 4) is 0 Å². The average Bonchev–Trinajstić information content (AvgIpc) is 3.04. The summed E-state index contributed by atoms with van der Waals surface area (Å²) in [4.78, 5) is 18.2. The summed E-state index contributed by atoms with van der Waals surface area (Å²) in [7, 11) is 0. The molecule has 1 aliphatic heterocycles. The number of fused-ring (bicyclic) bond motifs is 1. The highest BCUT2D eigenvalue weighted by Gasteiger charge is 2.26. The minimum Gasteiger partial charge on any atom is -0.327 e. The Bertz CT molecular complexity index is 565. The molecule has 0 spiro atoms. The normalized spacial score (nSPS) is 13.7. The first-order chi connectivity index (χ1) is 8.78. The van der Waals surface area contributed by atoms with Crippen LogP contribution in [-0.4, -0.2) is 26.0 Å². The van der Waals surface area contributed by atoms with Crippen molar-refractivity contribution >= 4 is 5.91 Å². The van der Waals surface area contributed by atoms with Crippen LogP contribution >= 0.6 is 0 Å². The third-order valence-corrected chi connectivity index (χ3v) is 3.19. The van der Waals surface area contributed by atoms with Crippen LogP contribution in [-0.2, 0) is 19.5 Å². The smallest absolute Gasteiger partial charge is 0.294 e. The van der Waals surface area contributed by atoms with Crippen LogP contribution in [0, 0.1) is 0 Å². The second-order valence-electron chi connectivity index (χ2n) is 4.39. The molecule has 1 N–H and O–H groups in total. The Morgan fingerprint density at radius 2 is 2.00 bits per heavy atom. The summed E-state index contributed by atoms with van der Waals surface area (Å²) in [6.45, 7) is 3.26. The van der Waals surface area contributed by atoms with Crippen LogP contribution in [0.15, 0.2) is 24.3 Å². The van der Waals surface area contributed by atoms with Gasteiger partial charge in [0.15, 0.2) is 0 Å². The fourth-order valence-electron chi connectivity index (χ4n) is 2.17. The van der Waals surface area contributed by atoms with Gasteiger partial charge in [0.25, 0.3) is 5.91 Å². The van der Waals surface area contributed by atoms with Gasteiger partial charge < -0.3 is 4.90 Å². The largest absolute Gasteiger partial charge is 0.327 e. The molecule has 1 aliphatic rings. The lowest BCUT2D eigenvalue weighted by Gasteiger charge is -2.12. The summed E-state index contributed by atoms with van der Waals surface area (Å²) in [5.74, 6) is 0.900. The second kappa shape index (κ2) is 4.25. The number of carbonyl (C=O) groups excluding carboxylic acids is 1. The quantitative estimate of drug-likeness (QED) is 0.868. The van der Waals surface area contributed by atoms with E-state index in [9.17, 15) is 4.79 Å². The first-order valence-corrected chi connectivity index (χ1v) is 6.05. The summed E-state index contributed by atoms with van der Waals surface area (Å²) in [6.07, 6.45) is 0.751. The molecule has 5 nitrogen and oxygen atoms in total. The van der Waals surface area contributed by atoms with E-state index >= 15 is 0 Å². The van der Waals surface area contributed by atoms with E-state index in [1.807, 2.05) is 19.1 Å². The number of nitrogens with one attached hydrogen (secondary N) is 1. The molecule has 0 atom stereocenters. The standard InChI is InChI=1S/C13H14N4O/c1-2-11-14-12(16-15-11)13(18)17-7-9-5-3-4-6-10(9)8-17/h3-6H,2,7-8H2,1H3,(H,14,15,16). The zero-order valence-electron chi connectivity index (χ0n) is 10.2. The third-order valence-electron chi connectivity index (χ3n) is 3.19. The molecular formula is C13H14N4O. The molecule has 0 unspecified atom stereocenters. The van der Waals surface area contributed by atoms with Crippen molar-refractivity contribution in [3.05, 3.63) is 47.0 Å². The van der Waals surface area contributed by atoms with Gasteiger partial charge in [-0.25, -0.2) is 4.98 Å². The number of benzene rings is 1. The summed E-state index contributed by atoms with van der Waals surface area (Å²) in [5.41, 5.74) is 2.41. The highest BCUT2D eigenvalue weighted by atomic mass is 16.2. The molecule has 0 radical (unpaired) electrons. The monoisotopic (exact) mass is 242 g/mol. The Morgan fingerprint density at radius 3 is 2.56 bits per heavy atom. The zero-order valence-corrected chi connectivity index (χ0v) is 10.2. The first kappa shape index (κ1) is 11.0. The van der Waals surface area contributed by atoms with E-state index in [0.717, 1.165) is 12.2 Å². The van der Waals surface area contributed by atoms with Gasteiger partial charge in [-0.05, 0) is 11.1 Å². The molecule has 2 heterocycles. The molecule has 0 aliphatic carbocycles. The highest BCUT2D eigenvalue weighted by molar-refractivity contribution is 5.90. The van der Waals surface area contributed by atoms with Gasteiger partial charge >= 0.3 is 0 Å². The predicted octanol–water partition coefficient (Wildman–Crippen LogP) is 1.52. The number of nitrogens with zero attached hydrogens (tertiary/aromatic N) is 3. The van der Waals surface area contributed by atoms with Crippen LogP contribution in [0.3, 0.4) is 0 Å². The maximum Gasteiger partial charge on any atom is 0.294 e. The Labute approximate surface area is 105 Å². The van der Waals surface area contributed by atoms with Crippen LogP contribution in [0.1, 0.15) is 34.5 Å². The number of aryl methyl sites for hydroxylation is 1. The summed E-state index contributed by atoms with van der Waals surface area (Å²) in [6, 6.07) is 8.10. The molecule has 0 fully saturated rings. The minimum atomic E-state index is -0.109. The molecular weight excluding hydrogens is 228 g/mol. The first-order valence-electron chi connectivity index (χ1n) is 6.05. The molecule has 0 saturated carbocycles. The van der Waals surface area contributed by atoms with Crippen molar-refractivity contribution in [2.75, 3.05) is 0 Å². The van der Waals surface area contributed by atoms with Crippen LogP contribution in [0.5, 0.6) is 0 Å². The van der Waals surface area contributed by atoms with Crippen LogP contribution in [0.25, 0.3) is 0 Å². The second-order valence-corrected chi connectivity index (χ2v) is 4.39. The Hall–Kier alpha value is -2.17. The molecule has 1 aromatic carbocycles. The topological polar surface area (TPSA) is 61.9 Å². The molecule has 0 saturated heterocycles. The van der Waals surface area contributed by atoms with Crippen molar-refractivity contribution in [2.24, 2.45) is 0 Å². The molecule has 18 heavy (non-hydrogen) atoms. The predicted molar refractivity (Wildman–Crippen MR) is 65.8 cm³/mol. The van der Waals surface area contributed by atoms with Gasteiger partial charge in [0.05, 0.1) is 0 Å². The lowest BCUT2D eigenvalue weighted by Crippen LogP contribution is -2.26. The van der Waals surface area contributed by atoms with E-state index in [0.29, 0.717) is 13.1 Å². The lowest BCUT2D eigenvalue weighted by atomic mass is 10.1. The molecule has 5 heteroatoms. The molecule has 92 valence electrons. The van der Waals surface area contributed by atoms with Gasteiger partial charge in [0, 0.05) is 19.5 Å². The van der Waals surface area contributed by atoms with E-state index in [-0.39, 0.29) is 11.7 Å². The number of aromatic nitrogens is 3. The number of hydrogen-bond donors (Lipinski definition) is 1. The maximum absolute atomic E-state index is 12.2. The van der Waals surface area contributed by atoms with E-state index in [4.69, 9.17) is 0 Å². The van der Waals surface area contributed by atoms with Gasteiger partial charge in [-0.2, -0.15) is 0 Å². The Kier molecular flexibility index (Phi) is 2.59. The van der Waals surface area contributed by atoms with E-state index in [1.54, 1.807) is 4.90 Å². The molecule has 1 aromatic heterocycles. The number of rotatable bonds is 2. The summed E-state index contributed by atoms with van der Waals surface area (Å²) in [5, 5.41) is 6.74. The summed E-state index contributed by atoms with van der Waals surface area (Å²) >= 11 is 0. The fraction of sp³-hybridized carbons (Fsp3) is 0.308. The van der Waals surface area contributed by atoms with Crippen LogP contribution in [0.4, 0.5) is 0 Å². The van der Waals surface area contributed by atoms with Crippen molar-refractivity contribution in [1.82, 2.24) is 20.1 Å². The van der Waals surface area contributed by atoms with Gasteiger partial charge in [-0.1, -0.05) is 31.2 Å². The minimum absolute atomic E-state index is 0.109. The van der Waals surface area contributed by atoms with E-state index in [2.05, 4.69) is 27.3 Å². The van der Waals surface area contributed by atoms with Crippen molar-refractivity contribution in [2.45, 2.75) is 26.4 Å². The number of hydrogen-bond acceptors (Lipinski definition) is 3. The van der Waals surface area contributed by atoms with E-state index in [1.165, 1.54) is 11.1 Å². The van der Waals surface area contributed by atoms with Crippen molar-refractivity contribution in [1.29, 1.82) is 0 Å². The summed E-state index contributed by atoms with van der Waals surface area (Å²) < 4.78 is 0. The SMILES string of the molecule is CCc1nc(C(=O)N2Cc3ccccc3C2)n[nH]1. The lowest BCUT2D eigenvalue weighted by molar-refractivity contribution is 0.0739.